The summed E-state index contributed by atoms with van der Waals surface area (Å²) in [7, 11) is 3.71. The highest BCUT2D eigenvalue weighted by atomic mass is 16.5. The van der Waals surface area contributed by atoms with E-state index in [-0.39, 0.29) is 17.7 Å². The fraction of sp³-hybridized carbons (Fsp3) is 0.357. The summed E-state index contributed by atoms with van der Waals surface area (Å²) in [6, 6.07) is 11.8. The molecule has 1 saturated carbocycles. The molecular formula is C28H31N7O2. The number of aromatic nitrogens is 6. The third-order valence-corrected chi connectivity index (χ3v) is 7.32. The average molecular weight is 498 g/mol. The highest BCUT2D eigenvalue weighted by Gasteiger charge is 2.27. The topological polar surface area (TPSA) is 91.8 Å². The standard InChI is InChI=1S/C28H31N7O2/c1-4-29-26-14-25-23(16-30-26)28(19-15-31-33(2)17-19)32-35(25)20-6-8-21(9-7-20)37-22-10-11-24-18(13-22)5-12-27(36)34(24)3/h5,10-17,20-21H,4,6-9H2,1-3H3,(H,29,30). The Labute approximate surface area is 214 Å². The van der Waals surface area contributed by atoms with Crippen molar-refractivity contribution in [2.24, 2.45) is 14.1 Å². The van der Waals surface area contributed by atoms with E-state index in [1.54, 1.807) is 22.4 Å². The van der Waals surface area contributed by atoms with Crippen LogP contribution in [-0.4, -0.2) is 41.8 Å². The molecule has 0 spiro atoms. The second kappa shape index (κ2) is 9.38. The number of anilines is 1. The van der Waals surface area contributed by atoms with Gasteiger partial charge >= 0.3 is 0 Å². The third kappa shape index (κ3) is 4.34. The van der Waals surface area contributed by atoms with E-state index in [1.165, 1.54) is 0 Å². The molecule has 0 atom stereocenters. The Morgan fingerprint density at radius 1 is 1.03 bits per heavy atom. The Kier molecular flexibility index (Phi) is 5.90. The van der Waals surface area contributed by atoms with E-state index >= 15 is 0 Å². The molecule has 0 bridgehead atoms. The fourth-order valence-electron chi connectivity index (χ4n) is 5.38. The number of hydrogen-bond donors (Lipinski definition) is 1. The molecule has 190 valence electrons. The van der Waals surface area contributed by atoms with E-state index < -0.39 is 0 Å². The number of nitrogens with zero attached hydrogens (tertiary/aromatic N) is 6. The smallest absolute Gasteiger partial charge is 0.250 e. The van der Waals surface area contributed by atoms with Crippen LogP contribution in [0.5, 0.6) is 5.75 Å². The van der Waals surface area contributed by atoms with E-state index in [2.05, 4.69) is 33.1 Å². The van der Waals surface area contributed by atoms with E-state index in [4.69, 9.17) is 9.84 Å². The van der Waals surface area contributed by atoms with Crippen molar-refractivity contribution in [1.82, 2.24) is 29.1 Å². The van der Waals surface area contributed by atoms with Crippen LogP contribution in [-0.2, 0) is 14.1 Å². The number of nitrogens with one attached hydrogen (secondary N) is 1. The summed E-state index contributed by atoms with van der Waals surface area (Å²) in [5, 5.41) is 14.8. The van der Waals surface area contributed by atoms with Gasteiger partial charge in [-0.1, -0.05) is 0 Å². The molecule has 4 aromatic heterocycles. The number of benzene rings is 1. The first kappa shape index (κ1) is 23.3. The Morgan fingerprint density at radius 2 is 1.86 bits per heavy atom. The molecule has 5 aromatic rings. The van der Waals surface area contributed by atoms with Crippen LogP contribution in [0.3, 0.4) is 0 Å². The Balaban J connectivity index is 1.23. The molecule has 0 radical (unpaired) electrons. The molecule has 0 unspecified atom stereocenters. The molecular weight excluding hydrogens is 466 g/mol. The zero-order valence-corrected chi connectivity index (χ0v) is 21.4. The second-order valence-corrected chi connectivity index (χ2v) is 9.81. The predicted octanol–water partition coefficient (Wildman–Crippen LogP) is 4.68. The lowest BCUT2D eigenvalue weighted by Gasteiger charge is -2.29. The summed E-state index contributed by atoms with van der Waals surface area (Å²) in [4.78, 5) is 16.5. The first-order valence-electron chi connectivity index (χ1n) is 12.9. The van der Waals surface area contributed by atoms with Gasteiger partial charge in [-0.15, -0.1) is 0 Å². The quantitative estimate of drug-likeness (QED) is 0.366. The van der Waals surface area contributed by atoms with Crippen molar-refractivity contribution in [2.75, 3.05) is 11.9 Å². The highest BCUT2D eigenvalue weighted by molar-refractivity contribution is 5.93. The van der Waals surface area contributed by atoms with Crippen LogP contribution >= 0.6 is 0 Å². The molecule has 37 heavy (non-hydrogen) atoms. The van der Waals surface area contributed by atoms with E-state index in [9.17, 15) is 4.79 Å². The van der Waals surface area contributed by atoms with Crippen molar-refractivity contribution >= 4 is 27.6 Å². The zero-order chi connectivity index (χ0) is 25.5. The minimum absolute atomic E-state index is 0.00861. The van der Waals surface area contributed by atoms with Gasteiger partial charge in [0.1, 0.15) is 17.3 Å². The molecule has 9 nitrogen and oxygen atoms in total. The Bertz CT molecular complexity index is 1640. The highest BCUT2D eigenvalue weighted by Crippen LogP contribution is 2.36. The van der Waals surface area contributed by atoms with Gasteiger partial charge in [0.05, 0.1) is 29.4 Å². The maximum atomic E-state index is 11.9. The van der Waals surface area contributed by atoms with Gasteiger partial charge in [-0.25, -0.2) is 4.98 Å². The lowest BCUT2D eigenvalue weighted by molar-refractivity contribution is 0.131. The number of fused-ring (bicyclic) bond motifs is 2. The molecule has 0 amide bonds. The summed E-state index contributed by atoms with van der Waals surface area (Å²) < 4.78 is 12.0. The molecule has 1 aromatic carbocycles. The van der Waals surface area contributed by atoms with Crippen molar-refractivity contribution in [3.8, 4) is 17.0 Å². The van der Waals surface area contributed by atoms with Gasteiger partial charge in [-0.3, -0.25) is 14.2 Å². The van der Waals surface area contributed by atoms with Crippen molar-refractivity contribution in [3.63, 3.8) is 0 Å². The van der Waals surface area contributed by atoms with Gasteiger partial charge in [-0.05, 0) is 56.9 Å². The maximum Gasteiger partial charge on any atom is 0.250 e. The van der Waals surface area contributed by atoms with Gasteiger partial charge < -0.3 is 14.6 Å². The lowest BCUT2D eigenvalue weighted by atomic mass is 9.93. The molecule has 0 aliphatic heterocycles. The average Bonchev–Trinajstić information content (AvgIpc) is 3.50. The maximum absolute atomic E-state index is 11.9. The van der Waals surface area contributed by atoms with Crippen LogP contribution < -0.4 is 15.6 Å². The van der Waals surface area contributed by atoms with Crippen LogP contribution in [0.2, 0.25) is 0 Å². The normalized spacial score (nSPS) is 17.9. The van der Waals surface area contributed by atoms with Crippen molar-refractivity contribution in [2.45, 2.75) is 44.8 Å². The van der Waals surface area contributed by atoms with Crippen LogP contribution in [0.4, 0.5) is 5.82 Å². The zero-order valence-electron chi connectivity index (χ0n) is 21.4. The first-order chi connectivity index (χ1) is 18.0. The van der Waals surface area contributed by atoms with Gasteiger partial charge in [0.15, 0.2) is 0 Å². The number of aryl methyl sites for hydroxylation is 2. The SMILES string of the molecule is CCNc1cc2c(cn1)c(-c1cnn(C)c1)nn2C1CCC(Oc2ccc3c(ccc(=O)n3C)c2)CC1. The minimum Gasteiger partial charge on any atom is -0.490 e. The largest absolute Gasteiger partial charge is 0.490 e. The summed E-state index contributed by atoms with van der Waals surface area (Å²) in [6.07, 6.45) is 9.79. The monoisotopic (exact) mass is 497 g/mol. The summed E-state index contributed by atoms with van der Waals surface area (Å²) in [5.74, 6) is 1.71. The van der Waals surface area contributed by atoms with E-state index in [0.29, 0.717) is 0 Å². The van der Waals surface area contributed by atoms with Crippen molar-refractivity contribution < 1.29 is 4.74 Å². The van der Waals surface area contributed by atoms with Crippen LogP contribution in [0.1, 0.15) is 38.6 Å². The fourth-order valence-corrected chi connectivity index (χ4v) is 5.38. The summed E-state index contributed by atoms with van der Waals surface area (Å²) >= 11 is 0. The van der Waals surface area contributed by atoms with Gasteiger partial charge in [-0.2, -0.15) is 10.2 Å². The Hall–Kier alpha value is -4.14. The van der Waals surface area contributed by atoms with E-state index in [1.807, 2.05) is 49.9 Å². The molecule has 0 saturated heterocycles. The van der Waals surface area contributed by atoms with E-state index in [0.717, 1.165) is 76.9 Å². The van der Waals surface area contributed by atoms with Gasteiger partial charge in [0, 0.05) is 61.5 Å². The van der Waals surface area contributed by atoms with Crippen LogP contribution in [0.15, 0.2) is 59.8 Å². The van der Waals surface area contributed by atoms with Gasteiger partial charge in [0.2, 0.25) is 0 Å². The van der Waals surface area contributed by atoms with Crippen LogP contribution in [0, 0.1) is 0 Å². The number of ether oxygens (including phenoxy) is 1. The summed E-state index contributed by atoms with van der Waals surface area (Å²) in [6.45, 7) is 2.89. The number of rotatable bonds is 6. The number of pyridine rings is 2. The second-order valence-electron chi connectivity index (χ2n) is 9.81. The molecule has 1 aliphatic carbocycles. The Morgan fingerprint density at radius 3 is 2.62 bits per heavy atom. The predicted molar refractivity (Wildman–Crippen MR) is 145 cm³/mol. The summed E-state index contributed by atoms with van der Waals surface area (Å²) in [5.41, 5.74) is 3.91. The molecule has 1 N–H and O–H groups in total. The molecule has 4 heterocycles. The molecule has 1 aliphatic rings. The lowest BCUT2D eigenvalue weighted by Crippen LogP contribution is -2.26. The third-order valence-electron chi connectivity index (χ3n) is 7.32. The molecule has 1 fully saturated rings. The van der Waals surface area contributed by atoms with Crippen LogP contribution in [0.25, 0.3) is 33.1 Å². The van der Waals surface area contributed by atoms with Crippen molar-refractivity contribution in [1.29, 1.82) is 0 Å². The minimum atomic E-state index is -0.00861. The first-order valence-corrected chi connectivity index (χ1v) is 12.9. The van der Waals surface area contributed by atoms with Crippen molar-refractivity contribution in [3.05, 3.63) is 65.3 Å². The van der Waals surface area contributed by atoms with Gasteiger partial charge in [0.25, 0.3) is 5.56 Å². The molecule has 9 heteroatoms. The molecule has 6 rings (SSSR count). The number of hydrogen-bond acceptors (Lipinski definition) is 6.